The lowest BCUT2D eigenvalue weighted by Crippen LogP contribution is -2.17. The van der Waals surface area contributed by atoms with E-state index in [4.69, 9.17) is 4.89 Å². The number of hydrogen-bond donors (Lipinski definition) is 3. The lowest BCUT2D eigenvalue weighted by molar-refractivity contribution is 0.167. The van der Waals surface area contributed by atoms with Gasteiger partial charge in [-0.1, -0.05) is 18.2 Å². The van der Waals surface area contributed by atoms with Gasteiger partial charge in [-0.3, -0.25) is 10.2 Å². The fraction of sp³-hybridized carbons (Fsp3) is 0. The molecule has 4 N–H and O–H groups in total. The molecule has 0 radical (unpaired) electrons. The molecule has 0 saturated carbocycles. The highest BCUT2D eigenvalue weighted by atomic mass is 31.2. The molecule has 92 valence electrons. The molecule has 0 heterocycles. The molecule has 0 aliphatic rings. The standard InChI is InChI=1S/C8H9N2O6P/c9-7(11)15-17(13,14)16-8(12)10-6-4-2-1-3-5-6/h1-5H,(H2,9,11)(H,10,12)(H,13,14). The Morgan fingerprint density at radius 3 is 2.35 bits per heavy atom. The molecule has 9 heteroatoms. The Morgan fingerprint density at radius 1 is 1.24 bits per heavy atom. The van der Waals surface area contributed by atoms with Crippen molar-refractivity contribution in [3.63, 3.8) is 0 Å². The molecule has 8 nitrogen and oxygen atoms in total. The van der Waals surface area contributed by atoms with Crippen LogP contribution in [0.5, 0.6) is 0 Å². The average Bonchev–Trinajstić information content (AvgIpc) is 2.15. The third-order valence-electron chi connectivity index (χ3n) is 1.42. The fourth-order valence-corrected chi connectivity index (χ4v) is 1.42. The molecule has 1 aromatic carbocycles. The Bertz CT molecular complexity index is 462. The molecule has 0 aliphatic carbocycles. The maximum atomic E-state index is 11.1. The van der Waals surface area contributed by atoms with Gasteiger partial charge in [0.25, 0.3) is 0 Å². The summed E-state index contributed by atoms with van der Waals surface area (Å²) in [5.74, 6) is 0. The first-order valence-electron chi connectivity index (χ1n) is 4.26. The summed E-state index contributed by atoms with van der Waals surface area (Å²) in [7, 11) is -4.83. The largest absolute Gasteiger partial charge is 0.591 e. The number of nitrogens with two attached hydrogens (primary N) is 1. The first-order chi connectivity index (χ1) is 7.89. The summed E-state index contributed by atoms with van der Waals surface area (Å²) in [5.41, 5.74) is 4.85. The second-order valence-corrected chi connectivity index (χ2v) is 4.05. The van der Waals surface area contributed by atoms with Crippen LogP contribution in [0.3, 0.4) is 0 Å². The molecule has 0 aromatic heterocycles. The lowest BCUT2D eigenvalue weighted by Gasteiger charge is -2.10. The number of hydrogen-bond acceptors (Lipinski definition) is 5. The van der Waals surface area contributed by atoms with Crippen molar-refractivity contribution in [1.29, 1.82) is 0 Å². The minimum absolute atomic E-state index is 0.344. The molecule has 1 unspecified atom stereocenters. The minimum Gasteiger partial charge on any atom is -0.344 e. The van der Waals surface area contributed by atoms with E-state index in [0.717, 1.165) is 0 Å². The van der Waals surface area contributed by atoms with Gasteiger partial charge in [-0.2, -0.15) is 0 Å². The monoisotopic (exact) mass is 260 g/mol. The van der Waals surface area contributed by atoms with Crippen molar-refractivity contribution < 1.29 is 28.1 Å². The number of rotatable bonds is 3. The number of amides is 2. The van der Waals surface area contributed by atoms with E-state index in [9.17, 15) is 14.2 Å². The van der Waals surface area contributed by atoms with Gasteiger partial charge in [-0.25, -0.2) is 14.2 Å². The van der Waals surface area contributed by atoms with Crippen molar-refractivity contribution >= 4 is 25.7 Å². The third kappa shape index (κ3) is 5.01. The zero-order chi connectivity index (χ0) is 12.9. The van der Waals surface area contributed by atoms with E-state index in [1.807, 2.05) is 0 Å². The van der Waals surface area contributed by atoms with Gasteiger partial charge in [0.05, 0.1) is 0 Å². The molecule has 0 fully saturated rings. The minimum atomic E-state index is -4.83. The molecule has 0 bridgehead atoms. The van der Waals surface area contributed by atoms with Gasteiger partial charge in [-0.05, 0) is 12.1 Å². The molecule has 1 aromatic rings. The molecular weight excluding hydrogens is 251 g/mol. The smallest absolute Gasteiger partial charge is 0.344 e. The van der Waals surface area contributed by atoms with E-state index in [2.05, 4.69) is 20.1 Å². The molecule has 0 spiro atoms. The van der Waals surface area contributed by atoms with Crippen molar-refractivity contribution in [2.45, 2.75) is 0 Å². The number of carbonyl (C=O) groups excluding carboxylic acids is 2. The molecule has 17 heavy (non-hydrogen) atoms. The van der Waals surface area contributed by atoms with Gasteiger partial charge in [0.15, 0.2) is 0 Å². The second kappa shape index (κ2) is 5.33. The highest BCUT2D eigenvalue weighted by Gasteiger charge is 2.29. The summed E-state index contributed by atoms with van der Waals surface area (Å²) in [4.78, 5) is 30.2. The van der Waals surface area contributed by atoms with E-state index in [1.165, 1.54) is 12.1 Å². The zero-order valence-electron chi connectivity index (χ0n) is 8.40. The van der Waals surface area contributed by atoms with Crippen molar-refractivity contribution in [3.05, 3.63) is 30.3 Å². The van der Waals surface area contributed by atoms with E-state index < -0.39 is 20.0 Å². The topological polar surface area (TPSA) is 128 Å². The van der Waals surface area contributed by atoms with Crippen LogP contribution in [0.4, 0.5) is 15.3 Å². The Labute approximate surface area is 95.9 Å². The Kier molecular flexibility index (Phi) is 4.08. The first-order valence-corrected chi connectivity index (χ1v) is 5.76. The lowest BCUT2D eigenvalue weighted by atomic mass is 10.3. The highest BCUT2D eigenvalue weighted by Crippen LogP contribution is 2.43. The van der Waals surface area contributed by atoms with Crippen LogP contribution in [0.25, 0.3) is 0 Å². The Balaban J connectivity index is 2.56. The summed E-state index contributed by atoms with van der Waals surface area (Å²) in [6, 6.07) is 8.03. The molecule has 0 saturated heterocycles. The summed E-state index contributed by atoms with van der Waals surface area (Å²) >= 11 is 0. The van der Waals surface area contributed by atoms with Gasteiger partial charge in [0.2, 0.25) is 0 Å². The predicted octanol–water partition coefficient (Wildman–Crippen LogP) is 1.43. The molecule has 0 aliphatic heterocycles. The van der Waals surface area contributed by atoms with Crippen LogP contribution in [0, 0.1) is 0 Å². The van der Waals surface area contributed by atoms with Crippen LogP contribution in [0.15, 0.2) is 30.3 Å². The van der Waals surface area contributed by atoms with Crippen molar-refractivity contribution in [3.8, 4) is 0 Å². The Morgan fingerprint density at radius 2 is 1.82 bits per heavy atom. The summed E-state index contributed by atoms with van der Waals surface area (Å²) in [6.07, 6.45) is -2.77. The average molecular weight is 260 g/mol. The summed E-state index contributed by atoms with van der Waals surface area (Å²) in [5, 5.41) is 2.15. The van der Waals surface area contributed by atoms with Crippen LogP contribution in [-0.4, -0.2) is 17.1 Å². The first kappa shape index (κ1) is 13.0. The van der Waals surface area contributed by atoms with Gasteiger partial charge < -0.3 is 14.8 Å². The second-order valence-electron chi connectivity index (χ2n) is 2.75. The van der Waals surface area contributed by atoms with Crippen molar-refractivity contribution in [2.75, 3.05) is 5.32 Å². The number of anilines is 1. The van der Waals surface area contributed by atoms with Gasteiger partial charge >= 0.3 is 20.0 Å². The van der Waals surface area contributed by atoms with Gasteiger partial charge in [0, 0.05) is 5.69 Å². The van der Waals surface area contributed by atoms with E-state index >= 15 is 0 Å². The number of carbonyl (C=O) groups is 2. The van der Waals surface area contributed by atoms with Gasteiger partial charge in [0.1, 0.15) is 0 Å². The fourth-order valence-electron chi connectivity index (χ4n) is 0.899. The molecule has 2 amide bonds. The van der Waals surface area contributed by atoms with Crippen LogP contribution >= 0.6 is 7.82 Å². The van der Waals surface area contributed by atoms with Gasteiger partial charge in [-0.15, -0.1) is 0 Å². The van der Waals surface area contributed by atoms with Crippen LogP contribution in [0.2, 0.25) is 0 Å². The van der Waals surface area contributed by atoms with E-state index in [0.29, 0.717) is 5.69 Å². The summed E-state index contributed by atoms with van der Waals surface area (Å²) in [6.45, 7) is 0. The highest BCUT2D eigenvalue weighted by molar-refractivity contribution is 7.48. The van der Waals surface area contributed by atoms with Crippen LogP contribution in [-0.2, 0) is 13.6 Å². The third-order valence-corrected chi connectivity index (χ3v) is 2.23. The Hall–Kier alpha value is -2.05. The number of phosphoric ester groups is 1. The van der Waals surface area contributed by atoms with E-state index in [-0.39, 0.29) is 0 Å². The predicted molar refractivity (Wildman–Crippen MR) is 57.0 cm³/mol. The van der Waals surface area contributed by atoms with Crippen LogP contribution in [0.1, 0.15) is 0 Å². The maximum Gasteiger partial charge on any atom is 0.591 e. The SMILES string of the molecule is NC(=O)OP(=O)(O)OC(=O)Nc1ccccc1. The number of para-hydroxylation sites is 1. The molecule has 1 atom stereocenters. The van der Waals surface area contributed by atoms with Crippen molar-refractivity contribution in [2.24, 2.45) is 5.73 Å². The van der Waals surface area contributed by atoms with E-state index in [1.54, 1.807) is 18.2 Å². The zero-order valence-corrected chi connectivity index (χ0v) is 9.29. The maximum absolute atomic E-state index is 11.1. The quantitative estimate of drug-likeness (QED) is 0.705. The van der Waals surface area contributed by atoms with Crippen LogP contribution < -0.4 is 11.1 Å². The summed E-state index contributed by atoms with van der Waals surface area (Å²) < 4.78 is 18.7. The molecule has 1 rings (SSSR count). The van der Waals surface area contributed by atoms with Crippen molar-refractivity contribution in [1.82, 2.24) is 0 Å². The number of benzene rings is 1. The number of nitrogens with one attached hydrogen (secondary N) is 1. The normalized spacial score (nSPS) is 13.2. The number of phosphoric acid groups is 1. The molecular formula is C8H9N2O6P. The number of primary amides is 1.